The van der Waals surface area contributed by atoms with E-state index in [-0.39, 0.29) is 35.7 Å². The van der Waals surface area contributed by atoms with Crippen molar-refractivity contribution in [1.29, 1.82) is 0 Å². The molecule has 1 fully saturated rings. The second-order valence-electron chi connectivity index (χ2n) is 5.50. The number of hydrogen-bond acceptors (Lipinski definition) is 5. The second kappa shape index (κ2) is 8.09. The Bertz CT molecular complexity index is 646. The van der Waals surface area contributed by atoms with E-state index >= 15 is 0 Å². The Kier molecular flexibility index (Phi) is 7.00. The van der Waals surface area contributed by atoms with Gasteiger partial charge in [0.1, 0.15) is 4.90 Å². The molecule has 1 aliphatic heterocycles. The summed E-state index contributed by atoms with van der Waals surface area (Å²) < 4.78 is 28.4. The number of carbonyl (C=O) groups excluding carboxylic acids is 1. The molecule has 0 aromatic carbocycles. The predicted octanol–water partition coefficient (Wildman–Crippen LogP) is -0.374. The number of nitrogens with zero attached hydrogens (tertiary/aromatic N) is 3. The fourth-order valence-corrected chi connectivity index (χ4v) is 4.29. The Morgan fingerprint density at radius 3 is 2.78 bits per heavy atom. The molecular weight excluding hydrogens is 342 g/mol. The molecule has 1 saturated heterocycles. The van der Waals surface area contributed by atoms with Gasteiger partial charge in [-0.3, -0.25) is 9.48 Å². The van der Waals surface area contributed by atoms with Gasteiger partial charge in [0.05, 0.1) is 17.8 Å². The van der Waals surface area contributed by atoms with Gasteiger partial charge in [0.2, 0.25) is 15.9 Å². The topological polar surface area (TPSA) is 110 Å². The van der Waals surface area contributed by atoms with Crippen LogP contribution in [0.15, 0.2) is 11.1 Å². The minimum Gasteiger partial charge on any atom is -0.355 e. The predicted molar refractivity (Wildman–Crippen MR) is 88.7 cm³/mol. The van der Waals surface area contributed by atoms with Crippen molar-refractivity contribution in [3.05, 3.63) is 11.9 Å². The lowest BCUT2D eigenvalue weighted by atomic mass is 9.99. The van der Waals surface area contributed by atoms with E-state index in [0.717, 1.165) is 0 Å². The van der Waals surface area contributed by atoms with Gasteiger partial charge in [-0.25, -0.2) is 8.42 Å². The third-order valence-corrected chi connectivity index (χ3v) is 5.97. The van der Waals surface area contributed by atoms with Gasteiger partial charge < -0.3 is 11.1 Å². The Balaban J connectivity index is 0.00000264. The lowest BCUT2D eigenvalue weighted by molar-refractivity contribution is -0.126. The molecule has 2 heterocycles. The molecule has 23 heavy (non-hydrogen) atoms. The molecule has 1 atom stereocenters. The number of sulfonamides is 1. The number of piperidine rings is 1. The molecule has 3 N–H and O–H groups in total. The quantitative estimate of drug-likeness (QED) is 0.739. The summed E-state index contributed by atoms with van der Waals surface area (Å²) in [6, 6.07) is 0. The van der Waals surface area contributed by atoms with Crippen LogP contribution in [-0.4, -0.2) is 54.6 Å². The molecule has 0 spiro atoms. The molecule has 1 aliphatic rings. The van der Waals surface area contributed by atoms with E-state index in [1.165, 1.54) is 15.2 Å². The highest BCUT2D eigenvalue weighted by Gasteiger charge is 2.34. The number of hydrogen-bond donors (Lipinski definition) is 2. The summed E-state index contributed by atoms with van der Waals surface area (Å²) in [7, 11) is -1.91. The van der Waals surface area contributed by atoms with Crippen LogP contribution in [0.3, 0.4) is 0 Å². The summed E-state index contributed by atoms with van der Waals surface area (Å²) in [5.74, 6) is -0.458. The first-order chi connectivity index (χ1) is 10.4. The SMILES string of the molecule is Cc1c(S(=O)(=O)N2CCCC(C(=O)NCCN)C2)cnn1C.Cl. The zero-order chi connectivity index (χ0) is 16.3. The first-order valence-electron chi connectivity index (χ1n) is 7.34. The van der Waals surface area contributed by atoms with Gasteiger partial charge in [0, 0.05) is 33.2 Å². The number of rotatable bonds is 5. The minimum atomic E-state index is -3.61. The van der Waals surface area contributed by atoms with Crippen molar-refractivity contribution >= 4 is 28.3 Å². The van der Waals surface area contributed by atoms with E-state index in [1.807, 2.05) is 0 Å². The molecule has 132 valence electrons. The van der Waals surface area contributed by atoms with Gasteiger partial charge in [-0.1, -0.05) is 0 Å². The van der Waals surface area contributed by atoms with Crippen LogP contribution in [0.5, 0.6) is 0 Å². The minimum absolute atomic E-state index is 0. The summed E-state index contributed by atoms with van der Waals surface area (Å²) in [6.07, 6.45) is 2.72. The van der Waals surface area contributed by atoms with Crippen molar-refractivity contribution < 1.29 is 13.2 Å². The molecule has 0 aliphatic carbocycles. The number of amides is 1. The highest BCUT2D eigenvalue weighted by atomic mass is 35.5. The summed E-state index contributed by atoms with van der Waals surface area (Å²) in [5, 5.41) is 6.72. The molecule has 1 amide bonds. The zero-order valence-corrected chi connectivity index (χ0v) is 15.0. The number of nitrogens with one attached hydrogen (secondary N) is 1. The summed E-state index contributed by atoms with van der Waals surface area (Å²) in [5.41, 5.74) is 5.96. The maximum atomic E-state index is 12.7. The maximum Gasteiger partial charge on any atom is 0.246 e. The molecule has 1 aromatic rings. The van der Waals surface area contributed by atoms with Gasteiger partial charge in [0.15, 0.2) is 0 Å². The Hall–Kier alpha value is -1.16. The van der Waals surface area contributed by atoms with Crippen molar-refractivity contribution in [1.82, 2.24) is 19.4 Å². The maximum absolute atomic E-state index is 12.7. The number of halogens is 1. The van der Waals surface area contributed by atoms with Gasteiger partial charge in [-0.15, -0.1) is 12.4 Å². The van der Waals surface area contributed by atoms with E-state index < -0.39 is 10.0 Å². The Morgan fingerprint density at radius 2 is 2.22 bits per heavy atom. The number of carbonyl (C=O) groups is 1. The summed E-state index contributed by atoms with van der Waals surface area (Å²) in [6.45, 7) is 3.12. The highest BCUT2D eigenvalue weighted by Crippen LogP contribution is 2.25. The van der Waals surface area contributed by atoms with Crippen molar-refractivity contribution in [2.45, 2.75) is 24.7 Å². The van der Waals surface area contributed by atoms with Gasteiger partial charge in [-0.2, -0.15) is 9.40 Å². The summed E-state index contributed by atoms with van der Waals surface area (Å²) in [4.78, 5) is 12.2. The molecule has 0 bridgehead atoms. The zero-order valence-electron chi connectivity index (χ0n) is 13.4. The lowest BCUT2D eigenvalue weighted by Crippen LogP contribution is -2.46. The van der Waals surface area contributed by atoms with Crippen LogP contribution in [-0.2, 0) is 21.9 Å². The number of aromatic nitrogens is 2. The normalized spacial score (nSPS) is 19.2. The second-order valence-corrected chi connectivity index (χ2v) is 7.41. The average molecular weight is 366 g/mol. The van der Waals surface area contributed by atoms with E-state index in [4.69, 9.17) is 5.73 Å². The largest absolute Gasteiger partial charge is 0.355 e. The first kappa shape index (κ1) is 19.9. The van der Waals surface area contributed by atoms with Crippen LogP contribution in [0, 0.1) is 12.8 Å². The van der Waals surface area contributed by atoms with Gasteiger partial charge in [0.25, 0.3) is 0 Å². The molecule has 2 rings (SSSR count). The Labute approximate surface area is 142 Å². The van der Waals surface area contributed by atoms with Gasteiger partial charge >= 0.3 is 0 Å². The standard InChI is InChI=1S/C13H23N5O3S.ClH/c1-10-12(8-16-17(10)2)22(20,21)18-7-3-4-11(9-18)13(19)15-6-5-14;/h8,11H,3-7,9,14H2,1-2H3,(H,15,19);1H. The van der Waals surface area contributed by atoms with Crippen molar-refractivity contribution in [3.8, 4) is 0 Å². The van der Waals surface area contributed by atoms with Crippen molar-refractivity contribution in [2.24, 2.45) is 18.7 Å². The van der Waals surface area contributed by atoms with E-state index in [0.29, 0.717) is 38.2 Å². The highest BCUT2D eigenvalue weighted by molar-refractivity contribution is 7.89. The average Bonchev–Trinajstić information content (AvgIpc) is 2.85. The summed E-state index contributed by atoms with van der Waals surface area (Å²) >= 11 is 0. The Morgan fingerprint density at radius 1 is 1.52 bits per heavy atom. The van der Waals surface area contributed by atoms with E-state index in [9.17, 15) is 13.2 Å². The van der Waals surface area contributed by atoms with Crippen LogP contribution in [0.25, 0.3) is 0 Å². The molecule has 10 heteroatoms. The molecule has 0 saturated carbocycles. The fourth-order valence-electron chi connectivity index (χ4n) is 2.59. The monoisotopic (exact) mass is 365 g/mol. The van der Waals surface area contributed by atoms with Crippen LogP contribution >= 0.6 is 12.4 Å². The van der Waals surface area contributed by atoms with Crippen LogP contribution < -0.4 is 11.1 Å². The molecule has 8 nitrogen and oxygen atoms in total. The number of nitrogens with two attached hydrogens (primary N) is 1. The first-order valence-corrected chi connectivity index (χ1v) is 8.78. The van der Waals surface area contributed by atoms with Crippen molar-refractivity contribution in [2.75, 3.05) is 26.2 Å². The van der Waals surface area contributed by atoms with E-state index in [2.05, 4.69) is 10.4 Å². The molecule has 1 aromatic heterocycles. The molecule has 0 radical (unpaired) electrons. The molecular formula is C13H24ClN5O3S. The fraction of sp³-hybridized carbons (Fsp3) is 0.692. The van der Waals surface area contributed by atoms with Crippen LogP contribution in [0.1, 0.15) is 18.5 Å². The van der Waals surface area contributed by atoms with Crippen LogP contribution in [0.2, 0.25) is 0 Å². The van der Waals surface area contributed by atoms with Crippen molar-refractivity contribution in [3.63, 3.8) is 0 Å². The van der Waals surface area contributed by atoms with Gasteiger partial charge in [-0.05, 0) is 19.8 Å². The third-order valence-electron chi connectivity index (χ3n) is 4.01. The van der Waals surface area contributed by atoms with E-state index in [1.54, 1.807) is 14.0 Å². The number of aryl methyl sites for hydroxylation is 1. The van der Waals surface area contributed by atoms with Crippen LogP contribution in [0.4, 0.5) is 0 Å². The third kappa shape index (κ3) is 4.23. The molecule has 1 unspecified atom stereocenters. The lowest BCUT2D eigenvalue weighted by Gasteiger charge is -2.31. The smallest absolute Gasteiger partial charge is 0.246 e.